The first-order valence-electron chi connectivity index (χ1n) is 7.72. The molecule has 4 nitrogen and oxygen atoms in total. The predicted octanol–water partition coefficient (Wildman–Crippen LogP) is 3.00. The van der Waals surface area contributed by atoms with Gasteiger partial charge in [0.25, 0.3) is 5.91 Å². The molecule has 2 aliphatic rings. The number of carbonyl (C=O) groups is 2. The van der Waals surface area contributed by atoms with Gasteiger partial charge in [-0.1, -0.05) is 49.6 Å². The Balaban J connectivity index is 1.82. The first-order valence-corrected chi connectivity index (χ1v) is 7.72. The molecule has 1 saturated carbocycles. The number of nitrogens with one attached hydrogen (secondary N) is 1. The Morgan fingerprint density at radius 1 is 1.24 bits per heavy atom. The van der Waals surface area contributed by atoms with Gasteiger partial charge in [0, 0.05) is 0 Å². The van der Waals surface area contributed by atoms with E-state index in [1.165, 1.54) is 10.5 Å². The van der Waals surface area contributed by atoms with E-state index in [0.717, 1.165) is 31.2 Å². The van der Waals surface area contributed by atoms with Crippen LogP contribution in [0.2, 0.25) is 0 Å². The number of amides is 3. The number of rotatable bonds is 2. The quantitative estimate of drug-likeness (QED) is 0.850. The molecule has 2 atom stereocenters. The molecule has 4 heteroatoms. The number of hydrogen-bond acceptors (Lipinski definition) is 2. The lowest BCUT2D eigenvalue weighted by Gasteiger charge is -2.36. The smallest absolute Gasteiger partial charge is 0.323 e. The number of urea groups is 1. The third-order valence-corrected chi connectivity index (χ3v) is 4.96. The van der Waals surface area contributed by atoms with E-state index in [4.69, 9.17) is 0 Å². The fourth-order valence-electron chi connectivity index (χ4n) is 3.52. The normalized spacial score (nSPS) is 29.0. The molecule has 2 fully saturated rings. The van der Waals surface area contributed by atoms with Crippen LogP contribution in [0.15, 0.2) is 24.3 Å². The minimum Gasteiger partial charge on any atom is -0.323 e. The maximum atomic E-state index is 12.8. The second-order valence-corrected chi connectivity index (χ2v) is 6.43. The van der Waals surface area contributed by atoms with Gasteiger partial charge in [-0.15, -0.1) is 0 Å². The monoisotopic (exact) mass is 286 g/mol. The van der Waals surface area contributed by atoms with Crippen LogP contribution in [0, 0.1) is 12.8 Å². The van der Waals surface area contributed by atoms with E-state index in [1.54, 1.807) is 0 Å². The van der Waals surface area contributed by atoms with Crippen LogP contribution in [0.25, 0.3) is 0 Å². The second kappa shape index (κ2) is 5.17. The highest BCUT2D eigenvalue weighted by Gasteiger charge is 2.54. The first-order chi connectivity index (χ1) is 10.0. The fourth-order valence-corrected chi connectivity index (χ4v) is 3.52. The molecule has 0 aromatic heterocycles. The summed E-state index contributed by atoms with van der Waals surface area (Å²) >= 11 is 0. The summed E-state index contributed by atoms with van der Waals surface area (Å²) in [7, 11) is 0. The summed E-state index contributed by atoms with van der Waals surface area (Å²) in [5, 5.41) is 2.99. The highest BCUT2D eigenvalue weighted by Crippen LogP contribution is 2.38. The van der Waals surface area contributed by atoms with Gasteiger partial charge in [0.15, 0.2) is 0 Å². The molecule has 21 heavy (non-hydrogen) atoms. The van der Waals surface area contributed by atoms with Crippen molar-refractivity contribution in [2.45, 2.75) is 51.6 Å². The maximum Gasteiger partial charge on any atom is 0.325 e. The topological polar surface area (TPSA) is 49.4 Å². The Labute approximate surface area is 125 Å². The van der Waals surface area contributed by atoms with E-state index in [0.29, 0.717) is 6.54 Å². The van der Waals surface area contributed by atoms with Crippen molar-refractivity contribution in [1.82, 2.24) is 10.2 Å². The number of nitrogens with zero attached hydrogens (tertiary/aromatic N) is 1. The molecule has 1 aromatic rings. The molecule has 1 heterocycles. The maximum absolute atomic E-state index is 12.8. The van der Waals surface area contributed by atoms with Gasteiger partial charge in [0.2, 0.25) is 0 Å². The highest BCUT2D eigenvalue weighted by atomic mass is 16.2. The molecule has 112 valence electrons. The number of imide groups is 1. The molecule has 1 aromatic carbocycles. The Morgan fingerprint density at radius 3 is 2.62 bits per heavy atom. The van der Waals surface area contributed by atoms with Crippen molar-refractivity contribution >= 4 is 11.9 Å². The summed E-state index contributed by atoms with van der Waals surface area (Å²) in [4.78, 5) is 26.5. The lowest BCUT2D eigenvalue weighted by Crippen LogP contribution is -2.53. The van der Waals surface area contributed by atoms with Crippen LogP contribution in [-0.4, -0.2) is 22.4 Å². The van der Waals surface area contributed by atoms with Crippen LogP contribution in [-0.2, 0) is 11.3 Å². The third kappa shape index (κ3) is 2.33. The lowest BCUT2D eigenvalue weighted by atomic mass is 9.73. The van der Waals surface area contributed by atoms with Crippen molar-refractivity contribution in [3.63, 3.8) is 0 Å². The second-order valence-electron chi connectivity index (χ2n) is 6.43. The Morgan fingerprint density at radius 2 is 1.95 bits per heavy atom. The molecule has 1 aliphatic carbocycles. The molecular formula is C17H22N2O2. The van der Waals surface area contributed by atoms with E-state index in [1.807, 2.05) is 31.2 Å². The summed E-state index contributed by atoms with van der Waals surface area (Å²) in [5.74, 6) is 0.172. The molecule has 3 amide bonds. The number of carbonyl (C=O) groups excluding carboxylic acids is 2. The van der Waals surface area contributed by atoms with Gasteiger partial charge < -0.3 is 5.32 Å². The highest BCUT2D eigenvalue weighted by molar-refractivity contribution is 6.07. The van der Waals surface area contributed by atoms with Gasteiger partial charge in [-0.2, -0.15) is 0 Å². The van der Waals surface area contributed by atoms with Crippen molar-refractivity contribution in [2.75, 3.05) is 0 Å². The summed E-state index contributed by atoms with van der Waals surface area (Å²) in [6.45, 7) is 4.46. The average Bonchev–Trinajstić information content (AvgIpc) is 2.70. The molecule has 1 aliphatic heterocycles. The SMILES string of the molecule is Cc1ccc(CN2C(=O)N[C@]3(CCCC[C@@H]3C)C2=O)cc1. The molecule has 1 saturated heterocycles. The van der Waals surface area contributed by atoms with E-state index >= 15 is 0 Å². The molecule has 0 radical (unpaired) electrons. The largest absolute Gasteiger partial charge is 0.325 e. The van der Waals surface area contributed by atoms with Crippen molar-refractivity contribution in [3.8, 4) is 0 Å². The van der Waals surface area contributed by atoms with Crippen LogP contribution in [0.5, 0.6) is 0 Å². The Bertz CT molecular complexity index is 567. The van der Waals surface area contributed by atoms with Crippen molar-refractivity contribution < 1.29 is 9.59 Å². The van der Waals surface area contributed by atoms with E-state index in [9.17, 15) is 9.59 Å². The first kappa shape index (κ1) is 14.1. The van der Waals surface area contributed by atoms with Gasteiger partial charge in [-0.25, -0.2) is 4.79 Å². The predicted molar refractivity (Wildman–Crippen MR) is 80.6 cm³/mol. The van der Waals surface area contributed by atoms with Crippen molar-refractivity contribution in [1.29, 1.82) is 0 Å². The zero-order valence-electron chi connectivity index (χ0n) is 12.7. The third-order valence-electron chi connectivity index (χ3n) is 4.96. The number of aryl methyl sites for hydroxylation is 1. The zero-order chi connectivity index (χ0) is 15.0. The van der Waals surface area contributed by atoms with Crippen molar-refractivity contribution in [3.05, 3.63) is 35.4 Å². The lowest BCUT2D eigenvalue weighted by molar-refractivity contribution is -0.134. The minimum atomic E-state index is -0.653. The van der Waals surface area contributed by atoms with Gasteiger partial charge in [0.05, 0.1) is 6.54 Å². The molecule has 1 N–H and O–H groups in total. The van der Waals surface area contributed by atoms with Gasteiger partial charge in [-0.05, 0) is 31.2 Å². The molecule has 0 unspecified atom stereocenters. The molecule has 1 spiro atoms. The summed E-state index contributed by atoms with van der Waals surface area (Å²) in [5.41, 5.74) is 1.51. The van der Waals surface area contributed by atoms with Gasteiger partial charge in [-0.3, -0.25) is 9.69 Å². The van der Waals surface area contributed by atoms with Gasteiger partial charge in [0.1, 0.15) is 5.54 Å². The fraction of sp³-hybridized carbons (Fsp3) is 0.529. The molecular weight excluding hydrogens is 264 g/mol. The van der Waals surface area contributed by atoms with Crippen LogP contribution in [0.4, 0.5) is 4.79 Å². The van der Waals surface area contributed by atoms with E-state index in [2.05, 4.69) is 12.2 Å². The van der Waals surface area contributed by atoms with E-state index < -0.39 is 5.54 Å². The van der Waals surface area contributed by atoms with Crippen LogP contribution in [0.1, 0.15) is 43.7 Å². The zero-order valence-corrected chi connectivity index (χ0v) is 12.7. The number of benzene rings is 1. The van der Waals surface area contributed by atoms with E-state index in [-0.39, 0.29) is 17.9 Å². The number of hydrogen-bond donors (Lipinski definition) is 1. The average molecular weight is 286 g/mol. The van der Waals surface area contributed by atoms with Crippen LogP contribution in [0.3, 0.4) is 0 Å². The standard InChI is InChI=1S/C17H22N2O2/c1-12-6-8-14(9-7-12)11-19-15(20)17(18-16(19)21)10-4-3-5-13(17)2/h6-9,13H,3-5,10-11H2,1-2H3,(H,18,21)/t13-,17-/m0/s1. The molecule has 3 rings (SSSR count). The molecule has 0 bridgehead atoms. The van der Waals surface area contributed by atoms with Crippen LogP contribution >= 0.6 is 0 Å². The minimum absolute atomic E-state index is 0.0414. The van der Waals surface area contributed by atoms with Gasteiger partial charge >= 0.3 is 6.03 Å². The summed E-state index contributed by atoms with van der Waals surface area (Å²) in [6, 6.07) is 7.73. The Kier molecular flexibility index (Phi) is 3.47. The van der Waals surface area contributed by atoms with Crippen molar-refractivity contribution in [2.24, 2.45) is 5.92 Å². The Hall–Kier alpha value is -1.84. The van der Waals surface area contributed by atoms with Crippen LogP contribution < -0.4 is 5.32 Å². The summed E-state index contributed by atoms with van der Waals surface area (Å²) in [6.07, 6.45) is 3.92. The summed E-state index contributed by atoms with van der Waals surface area (Å²) < 4.78 is 0.